The highest BCUT2D eigenvalue weighted by Crippen LogP contribution is 2.51. The Labute approximate surface area is 486 Å². The molecule has 388 valence electrons. The van der Waals surface area contributed by atoms with E-state index in [2.05, 4.69) is 342 Å². The van der Waals surface area contributed by atoms with Crippen molar-refractivity contribution in [3.8, 4) is 39.1 Å². The Morgan fingerprint density at radius 3 is 1.25 bits per heavy atom. The van der Waals surface area contributed by atoms with Gasteiger partial charge in [0.25, 0.3) is 6.71 Å². The van der Waals surface area contributed by atoms with Crippen molar-refractivity contribution in [2.45, 2.75) is 0 Å². The van der Waals surface area contributed by atoms with Crippen LogP contribution in [0.5, 0.6) is 0 Å². The average molecular weight is 1070 g/mol. The van der Waals surface area contributed by atoms with Crippen molar-refractivity contribution in [2.24, 2.45) is 0 Å². The fraction of sp³-hybridized carbons (Fsp3) is 0. The SMILES string of the molecule is c1ccc(-c2ccccc2N2c3ccc([Si](c4ccccc4)(c4ccccc4)c4ccccc4)cc3B3c4ccc(-n5c6ccccc6c6ccccc65)cc4N(c4c(-c5ccccc5)cccc4-c4ccccc4)c4cccc2c43)cc1. The van der Waals surface area contributed by atoms with Crippen LogP contribution < -0.4 is 46.9 Å². The van der Waals surface area contributed by atoms with Crippen LogP contribution in [0.15, 0.2) is 328 Å². The van der Waals surface area contributed by atoms with Gasteiger partial charge in [0.2, 0.25) is 0 Å². The third-order valence-corrected chi connectivity index (χ3v) is 22.3. The number of aromatic nitrogens is 1. The predicted molar refractivity (Wildman–Crippen MR) is 355 cm³/mol. The van der Waals surface area contributed by atoms with E-state index in [1.54, 1.807) is 0 Å². The molecule has 13 aromatic carbocycles. The normalized spacial score (nSPS) is 12.5. The van der Waals surface area contributed by atoms with Crippen molar-refractivity contribution >= 4 is 108 Å². The number of benzene rings is 13. The van der Waals surface area contributed by atoms with Crippen molar-refractivity contribution in [3.63, 3.8) is 0 Å². The second kappa shape index (κ2) is 20.0. The minimum absolute atomic E-state index is 0.173. The summed E-state index contributed by atoms with van der Waals surface area (Å²) in [6, 6.07) is 123. The lowest BCUT2D eigenvalue weighted by Crippen LogP contribution is -2.75. The Bertz CT molecular complexity index is 4530. The molecule has 0 saturated heterocycles. The molecule has 3 nitrogen and oxygen atoms in total. The van der Waals surface area contributed by atoms with Gasteiger partial charge in [-0.15, -0.1) is 0 Å². The summed E-state index contributed by atoms with van der Waals surface area (Å²) in [7, 11) is -3.03. The Hall–Kier alpha value is -10.5. The van der Waals surface area contributed by atoms with Crippen molar-refractivity contribution < 1.29 is 0 Å². The Balaban J connectivity index is 1.05. The summed E-state index contributed by atoms with van der Waals surface area (Å²) in [5, 5.41) is 7.85. The van der Waals surface area contributed by atoms with E-state index in [4.69, 9.17) is 0 Å². The first-order valence-corrected chi connectivity index (χ1v) is 30.8. The zero-order chi connectivity index (χ0) is 54.8. The topological polar surface area (TPSA) is 11.4 Å². The second-order valence-corrected chi connectivity index (χ2v) is 25.7. The summed E-state index contributed by atoms with van der Waals surface area (Å²) in [5.41, 5.74) is 21.1. The van der Waals surface area contributed by atoms with Gasteiger partial charge in [0.1, 0.15) is 0 Å². The Morgan fingerprint density at radius 1 is 0.265 bits per heavy atom. The average Bonchev–Trinajstić information content (AvgIpc) is 1.36. The maximum Gasteiger partial charge on any atom is 0.252 e. The van der Waals surface area contributed by atoms with E-state index in [1.165, 1.54) is 75.8 Å². The van der Waals surface area contributed by atoms with Gasteiger partial charge in [-0.25, -0.2) is 0 Å². The van der Waals surface area contributed by atoms with Crippen LogP contribution in [0.1, 0.15) is 0 Å². The molecule has 3 heterocycles. The number of hydrogen-bond acceptors (Lipinski definition) is 2. The first kappa shape index (κ1) is 48.4. The highest BCUT2D eigenvalue weighted by Gasteiger charge is 2.47. The van der Waals surface area contributed by atoms with Gasteiger partial charge < -0.3 is 14.4 Å². The van der Waals surface area contributed by atoms with Gasteiger partial charge in [0.15, 0.2) is 8.07 Å². The molecule has 0 unspecified atom stereocenters. The zero-order valence-electron chi connectivity index (χ0n) is 45.6. The fourth-order valence-corrected chi connectivity index (χ4v) is 18.9. The van der Waals surface area contributed by atoms with E-state index < -0.39 is 8.07 Å². The molecule has 0 fully saturated rings. The Kier molecular flexibility index (Phi) is 11.7. The monoisotopic (exact) mass is 1070 g/mol. The largest absolute Gasteiger partial charge is 0.311 e. The smallest absolute Gasteiger partial charge is 0.252 e. The van der Waals surface area contributed by atoms with E-state index in [-0.39, 0.29) is 6.71 Å². The molecule has 0 bridgehead atoms. The zero-order valence-corrected chi connectivity index (χ0v) is 46.6. The highest BCUT2D eigenvalue weighted by molar-refractivity contribution is 7.20. The minimum atomic E-state index is -3.03. The van der Waals surface area contributed by atoms with E-state index in [0.29, 0.717) is 0 Å². The van der Waals surface area contributed by atoms with Gasteiger partial charge in [-0.05, 0) is 102 Å². The third kappa shape index (κ3) is 7.66. The molecule has 83 heavy (non-hydrogen) atoms. The van der Waals surface area contributed by atoms with Crippen LogP contribution in [0.4, 0.5) is 34.1 Å². The number of anilines is 6. The summed E-state index contributed by atoms with van der Waals surface area (Å²) >= 11 is 0. The maximum absolute atomic E-state index is 3.03. The molecular weight excluding hydrogens is 1020 g/mol. The first-order chi connectivity index (χ1) is 41.2. The molecule has 14 aromatic rings. The van der Waals surface area contributed by atoms with Gasteiger partial charge in [-0.2, -0.15) is 0 Å². The molecule has 0 N–H and O–H groups in total. The van der Waals surface area contributed by atoms with Crippen LogP contribution in [0.3, 0.4) is 0 Å². The van der Waals surface area contributed by atoms with Gasteiger partial charge in [-0.1, -0.05) is 279 Å². The van der Waals surface area contributed by atoms with E-state index in [9.17, 15) is 0 Å². The predicted octanol–water partition coefficient (Wildman–Crippen LogP) is 15.2. The summed E-state index contributed by atoms with van der Waals surface area (Å²) in [6.45, 7) is -0.173. The Morgan fingerprint density at radius 2 is 0.699 bits per heavy atom. The molecule has 2 aliphatic rings. The van der Waals surface area contributed by atoms with Crippen LogP contribution in [0, 0.1) is 0 Å². The van der Waals surface area contributed by atoms with E-state index in [0.717, 1.165) is 56.4 Å². The number of hydrogen-bond donors (Lipinski definition) is 0. The molecule has 0 saturated carbocycles. The first-order valence-electron chi connectivity index (χ1n) is 28.8. The fourth-order valence-electron chi connectivity index (χ4n) is 14.1. The van der Waals surface area contributed by atoms with Crippen molar-refractivity contribution in [3.05, 3.63) is 328 Å². The molecular formula is C78H54BN3Si. The summed E-state index contributed by atoms with van der Waals surface area (Å²) in [5.74, 6) is 0. The standard InChI is InChI=1S/C78H54BN3Si/c1-7-27-55(28-8-1)63-39-19-22-44-70(63)81-73-52-50-62(83(59-33-13-4-14-34-59,60-35-15-5-16-36-60)61-37-17-6-18-38-61)54-69(73)79-68-51-49-58(80-71-45-23-20-40-66(71)67-41-21-24-46-72(67)80)53-76(68)82(75-48-26-47-74(81)77(75)79)78-64(56-29-9-2-10-30-56)42-25-43-65(78)57-31-11-3-12-32-57/h1-54H. The molecule has 0 atom stereocenters. The van der Waals surface area contributed by atoms with Crippen molar-refractivity contribution in [1.29, 1.82) is 0 Å². The lowest BCUT2D eigenvalue weighted by Gasteiger charge is -2.46. The third-order valence-electron chi connectivity index (χ3n) is 17.5. The van der Waals surface area contributed by atoms with E-state index >= 15 is 0 Å². The summed E-state index contributed by atoms with van der Waals surface area (Å²) in [4.78, 5) is 5.23. The van der Waals surface area contributed by atoms with Crippen molar-refractivity contribution in [2.75, 3.05) is 9.80 Å². The summed E-state index contributed by atoms with van der Waals surface area (Å²) in [6.07, 6.45) is 0. The van der Waals surface area contributed by atoms with Crippen LogP contribution in [0.2, 0.25) is 0 Å². The van der Waals surface area contributed by atoms with Gasteiger partial charge in [0.05, 0.1) is 22.4 Å². The second-order valence-electron chi connectivity index (χ2n) is 21.9. The molecule has 1 aromatic heterocycles. The van der Waals surface area contributed by atoms with Gasteiger partial charge in [-0.3, -0.25) is 0 Å². The highest BCUT2D eigenvalue weighted by atomic mass is 28.3. The lowest BCUT2D eigenvalue weighted by molar-refractivity contribution is 1.17. The van der Waals surface area contributed by atoms with Crippen LogP contribution in [-0.4, -0.2) is 19.4 Å². The number of para-hydroxylation sites is 4. The number of nitrogens with zero attached hydrogens (tertiary/aromatic N) is 3. The molecule has 0 amide bonds. The molecule has 2 aliphatic heterocycles. The molecule has 16 rings (SSSR count). The minimum Gasteiger partial charge on any atom is -0.311 e. The van der Waals surface area contributed by atoms with Crippen molar-refractivity contribution in [1.82, 2.24) is 4.57 Å². The van der Waals surface area contributed by atoms with E-state index in [1.807, 2.05) is 0 Å². The molecule has 5 heteroatoms. The number of fused-ring (bicyclic) bond motifs is 7. The number of rotatable bonds is 10. The molecule has 0 radical (unpaired) electrons. The van der Waals surface area contributed by atoms with Crippen LogP contribution in [0.25, 0.3) is 60.9 Å². The molecule has 0 spiro atoms. The van der Waals surface area contributed by atoms with Gasteiger partial charge in [0, 0.05) is 55.9 Å². The lowest BCUT2D eigenvalue weighted by atomic mass is 9.33. The van der Waals surface area contributed by atoms with Crippen LogP contribution in [-0.2, 0) is 0 Å². The molecule has 0 aliphatic carbocycles. The van der Waals surface area contributed by atoms with Gasteiger partial charge >= 0.3 is 0 Å². The maximum atomic E-state index is 2.64. The quantitative estimate of drug-likeness (QED) is 0.0999. The van der Waals surface area contributed by atoms with Crippen LogP contribution >= 0.6 is 0 Å². The summed E-state index contributed by atoms with van der Waals surface area (Å²) < 4.78 is 2.48.